The second kappa shape index (κ2) is 5.30. The van der Waals surface area contributed by atoms with Crippen LogP contribution in [0.15, 0.2) is 29.6 Å². The maximum absolute atomic E-state index is 12.4. The Kier molecular flexibility index (Phi) is 3.91. The highest BCUT2D eigenvalue weighted by Gasteiger charge is 2.33. The number of aromatic nitrogens is 1. The average molecular weight is 306 g/mol. The number of hydrogen-bond donors (Lipinski definition) is 0. The van der Waals surface area contributed by atoms with Crippen LogP contribution in [0.2, 0.25) is 5.15 Å². The van der Waals surface area contributed by atoms with Gasteiger partial charge in [0.25, 0.3) is 0 Å². The third-order valence-electron chi connectivity index (χ3n) is 2.35. The van der Waals surface area contributed by atoms with Crippen molar-refractivity contribution in [1.29, 1.82) is 0 Å². The molecule has 19 heavy (non-hydrogen) atoms. The Hall–Kier alpha value is -1.40. The second-order valence-electron chi connectivity index (χ2n) is 3.71. The van der Waals surface area contributed by atoms with Crippen LogP contribution in [0.25, 0.3) is 0 Å². The molecule has 0 aliphatic heterocycles. The zero-order valence-electron chi connectivity index (χ0n) is 9.37. The molecule has 100 valence electrons. The van der Waals surface area contributed by atoms with Gasteiger partial charge in [-0.25, -0.2) is 4.98 Å². The summed E-state index contributed by atoms with van der Waals surface area (Å²) >= 11 is 7.04. The van der Waals surface area contributed by atoms with Crippen LogP contribution in [0.1, 0.15) is 20.9 Å². The predicted molar refractivity (Wildman–Crippen MR) is 66.6 cm³/mol. The quantitative estimate of drug-likeness (QED) is 0.627. The number of nitrogens with zero attached hydrogens (tertiary/aromatic N) is 1. The van der Waals surface area contributed by atoms with Crippen molar-refractivity contribution in [2.75, 3.05) is 0 Å². The number of carbonyl (C=O) groups excluding carboxylic acids is 1. The molecule has 0 spiro atoms. The van der Waals surface area contributed by atoms with Crippen molar-refractivity contribution >= 4 is 28.7 Å². The van der Waals surface area contributed by atoms with Crippen LogP contribution in [0.5, 0.6) is 0 Å². The lowest BCUT2D eigenvalue weighted by Gasteiger charge is -2.08. The van der Waals surface area contributed by atoms with E-state index in [9.17, 15) is 18.0 Å². The second-order valence-corrected chi connectivity index (χ2v) is 5.10. The normalized spacial score (nSPS) is 11.6. The maximum atomic E-state index is 12.4. The van der Waals surface area contributed by atoms with Crippen LogP contribution in [-0.2, 0) is 12.6 Å². The van der Waals surface area contributed by atoms with Crippen LogP contribution >= 0.6 is 22.9 Å². The number of alkyl halides is 3. The molecular weight excluding hydrogens is 299 g/mol. The highest BCUT2D eigenvalue weighted by atomic mass is 35.5. The van der Waals surface area contributed by atoms with Crippen LogP contribution in [-0.4, -0.2) is 10.8 Å². The molecule has 0 saturated heterocycles. The molecule has 0 aliphatic rings. The fraction of sp³-hybridized carbons (Fsp3) is 0.167. The van der Waals surface area contributed by atoms with E-state index in [-0.39, 0.29) is 17.8 Å². The van der Waals surface area contributed by atoms with E-state index in [0.29, 0.717) is 0 Å². The first-order chi connectivity index (χ1) is 8.88. The van der Waals surface area contributed by atoms with Crippen molar-refractivity contribution in [3.8, 4) is 0 Å². The van der Waals surface area contributed by atoms with Gasteiger partial charge in [-0.2, -0.15) is 13.2 Å². The van der Waals surface area contributed by atoms with E-state index in [1.165, 1.54) is 11.3 Å². The Balaban J connectivity index is 2.24. The lowest BCUT2D eigenvalue weighted by Crippen LogP contribution is -2.11. The zero-order chi connectivity index (χ0) is 14.0. The molecule has 2 aromatic heterocycles. The molecule has 2 aromatic rings. The van der Waals surface area contributed by atoms with Gasteiger partial charge in [0.05, 0.1) is 5.56 Å². The van der Waals surface area contributed by atoms with Gasteiger partial charge in [0.2, 0.25) is 0 Å². The zero-order valence-corrected chi connectivity index (χ0v) is 10.9. The van der Waals surface area contributed by atoms with E-state index in [0.717, 1.165) is 17.0 Å². The molecule has 2 rings (SSSR count). The molecule has 0 N–H and O–H groups in total. The molecule has 7 heteroatoms. The van der Waals surface area contributed by atoms with Crippen LogP contribution in [0, 0.1) is 0 Å². The number of ketones is 1. The fourth-order valence-corrected chi connectivity index (χ4v) is 2.43. The van der Waals surface area contributed by atoms with Gasteiger partial charge in [-0.3, -0.25) is 4.79 Å². The molecule has 0 radical (unpaired) electrons. The Morgan fingerprint density at radius 1 is 1.32 bits per heavy atom. The van der Waals surface area contributed by atoms with Gasteiger partial charge >= 0.3 is 6.18 Å². The van der Waals surface area contributed by atoms with Crippen LogP contribution in [0.4, 0.5) is 13.2 Å². The van der Waals surface area contributed by atoms with E-state index in [2.05, 4.69) is 4.98 Å². The fourth-order valence-electron chi connectivity index (χ4n) is 1.47. The predicted octanol–water partition coefficient (Wildman–Crippen LogP) is 4.24. The first-order valence-electron chi connectivity index (χ1n) is 5.17. The van der Waals surface area contributed by atoms with Crippen molar-refractivity contribution in [2.24, 2.45) is 0 Å². The van der Waals surface area contributed by atoms with Crippen molar-refractivity contribution in [3.05, 3.63) is 50.9 Å². The van der Waals surface area contributed by atoms with Gasteiger partial charge < -0.3 is 0 Å². The smallest absolute Gasteiger partial charge is 0.294 e. The molecule has 0 saturated carbocycles. The third kappa shape index (κ3) is 3.33. The van der Waals surface area contributed by atoms with Crippen LogP contribution in [0.3, 0.4) is 0 Å². The summed E-state index contributed by atoms with van der Waals surface area (Å²) in [6.07, 6.45) is -4.47. The standard InChI is InChI=1S/C12H7ClF3NOS/c13-11-8(3-4-10(17-11)12(14,15)16)9(18)6-7-2-1-5-19-7/h1-5H,6H2. The minimum Gasteiger partial charge on any atom is -0.294 e. The first-order valence-corrected chi connectivity index (χ1v) is 6.43. The van der Waals surface area contributed by atoms with Gasteiger partial charge in [-0.1, -0.05) is 17.7 Å². The number of pyridine rings is 1. The number of Topliss-reactive ketones (excluding diaryl/α,β-unsaturated/α-hetero) is 1. The average Bonchev–Trinajstić information content (AvgIpc) is 2.80. The monoisotopic (exact) mass is 305 g/mol. The highest BCUT2D eigenvalue weighted by molar-refractivity contribution is 7.10. The first kappa shape index (κ1) is 14.0. The van der Waals surface area contributed by atoms with E-state index < -0.39 is 17.0 Å². The molecule has 0 aromatic carbocycles. The number of carbonyl (C=O) groups is 1. The minimum atomic E-state index is -4.57. The molecule has 2 nitrogen and oxygen atoms in total. The van der Waals surface area contributed by atoms with Gasteiger partial charge in [0.15, 0.2) is 5.78 Å². The molecule has 0 amide bonds. The Labute approximate surface area is 115 Å². The highest BCUT2D eigenvalue weighted by Crippen LogP contribution is 2.29. The van der Waals surface area contributed by atoms with Crippen molar-refractivity contribution in [2.45, 2.75) is 12.6 Å². The van der Waals surface area contributed by atoms with Gasteiger partial charge in [-0.15, -0.1) is 11.3 Å². The van der Waals surface area contributed by atoms with Crippen molar-refractivity contribution in [1.82, 2.24) is 4.98 Å². The maximum Gasteiger partial charge on any atom is 0.433 e. The lowest BCUT2D eigenvalue weighted by molar-refractivity contribution is -0.141. The van der Waals surface area contributed by atoms with E-state index in [4.69, 9.17) is 11.6 Å². The van der Waals surface area contributed by atoms with Crippen molar-refractivity contribution < 1.29 is 18.0 Å². The Morgan fingerprint density at radius 3 is 2.58 bits per heavy atom. The largest absolute Gasteiger partial charge is 0.433 e. The summed E-state index contributed by atoms with van der Waals surface area (Å²) in [4.78, 5) is 15.9. The van der Waals surface area contributed by atoms with Crippen LogP contribution < -0.4 is 0 Å². The van der Waals surface area contributed by atoms with Crippen molar-refractivity contribution in [3.63, 3.8) is 0 Å². The SMILES string of the molecule is O=C(Cc1cccs1)c1ccc(C(F)(F)F)nc1Cl. The molecule has 0 unspecified atom stereocenters. The minimum absolute atomic E-state index is 0.00284. The Bertz CT molecular complexity index is 596. The summed E-state index contributed by atoms with van der Waals surface area (Å²) in [7, 11) is 0. The number of thiophene rings is 1. The molecule has 0 fully saturated rings. The topological polar surface area (TPSA) is 30.0 Å². The summed E-state index contributed by atoms with van der Waals surface area (Å²) < 4.78 is 37.2. The third-order valence-corrected chi connectivity index (χ3v) is 3.52. The molecule has 0 aliphatic carbocycles. The summed E-state index contributed by atoms with van der Waals surface area (Å²) in [6, 6.07) is 5.38. The summed E-state index contributed by atoms with van der Waals surface area (Å²) in [5.74, 6) is -0.353. The molecule has 0 bridgehead atoms. The summed E-state index contributed by atoms with van der Waals surface area (Å²) in [5.41, 5.74) is -1.10. The van der Waals surface area contributed by atoms with E-state index in [1.54, 1.807) is 12.1 Å². The number of halogens is 4. The molecular formula is C12H7ClF3NOS. The molecule has 2 heterocycles. The van der Waals surface area contributed by atoms with E-state index >= 15 is 0 Å². The van der Waals surface area contributed by atoms with Gasteiger partial charge in [0.1, 0.15) is 10.8 Å². The Morgan fingerprint density at radius 2 is 2.05 bits per heavy atom. The number of hydrogen-bond acceptors (Lipinski definition) is 3. The van der Waals surface area contributed by atoms with Gasteiger partial charge in [0, 0.05) is 11.3 Å². The number of rotatable bonds is 3. The molecule has 0 atom stereocenters. The van der Waals surface area contributed by atoms with Gasteiger partial charge in [-0.05, 0) is 23.6 Å². The van der Waals surface area contributed by atoms with E-state index in [1.807, 2.05) is 5.38 Å². The summed E-state index contributed by atoms with van der Waals surface area (Å²) in [5, 5.41) is 1.39. The lowest BCUT2D eigenvalue weighted by atomic mass is 10.1. The summed E-state index contributed by atoms with van der Waals surface area (Å²) in [6.45, 7) is 0.